The Morgan fingerprint density at radius 1 is 1.13 bits per heavy atom. The molecule has 1 aromatic carbocycles. The van der Waals surface area contributed by atoms with Gasteiger partial charge in [0.15, 0.2) is 5.16 Å². The first-order valence-corrected chi connectivity index (χ1v) is 11.7. The molecule has 7 nitrogen and oxygen atoms in total. The van der Waals surface area contributed by atoms with Crippen molar-refractivity contribution in [3.8, 4) is 5.69 Å². The van der Waals surface area contributed by atoms with Gasteiger partial charge in [-0.2, -0.15) is 0 Å². The molecule has 1 N–H and O–H groups in total. The molecule has 0 radical (unpaired) electrons. The number of hydrogen-bond donors (Lipinski definition) is 1. The van der Waals surface area contributed by atoms with E-state index in [0.29, 0.717) is 38.5 Å². The van der Waals surface area contributed by atoms with E-state index in [9.17, 15) is 9.59 Å². The van der Waals surface area contributed by atoms with Crippen LogP contribution in [0.4, 0.5) is 0 Å². The van der Waals surface area contributed by atoms with E-state index in [4.69, 9.17) is 0 Å². The molecule has 0 bridgehead atoms. The molecule has 168 valence electrons. The molecule has 0 atom stereocenters. The average Bonchev–Trinajstić information content (AvgIpc) is 3.13. The van der Waals surface area contributed by atoms with Crippen molar-refractivity contribution in [1.29, 1.82) is 0 Å². The zero-order valence-electron chi connectivity index (χ0n) is 19.1. The second-order valence-electron chi connectivity index (χ2n) is 9.11. The minimum absolute atomic E-state index is 0.0288. The van der Waals surface area contributed by atoms with Crippen LogP contribution in [0.15, 0.2) is 35.7 Å². The third-order valence-corrected chi connectivity index (χ3v) is 6.10. The van der Waals surface area contributed by atoms with Gasteiger partial charge in [0.05, 0.1) is 18.0 Å². The van der Waals surface area contributed by atoms with Gasteiger partial charge >= 0.3 is 0 Å². The van der Waals surface area contributed by atoms with Crippen LogP contribution in [0, 0.1) is 13.8 Å². The Morgan fingerprint density at radius 3 is 2.48 bits per heavy atom. The van der Waals surface area contributed by atoms with E-state index in [1.165, 1.54) is 22.9 Å². The average molecular weight is 444 g/mol. The molecule has 1 saturated heterocycles. The second kappa shape index (κ2) is 9.87. The third-order valence-electron chi connectivity index (χ3n) is 5.15. The van der Waals surface area contributed by atoms with Gasteiger partial charge in [0.25, 0.3) is 0 Å². The maximum absolute atomic E-state index is 12.7. The Kier molecular flexibility index (Phi) is 7.43. The summed E-state index contributed by atoms with van der Waals surface area (Å²) in [5, 5.41) is 3.81. The highest BCUT2D eigenvalue weighted by Crippen LogP contribution is 2.23. The van der Waals surface area contributed by atoms with Crippen LogP contribution >= 0.6 is 11.8 Å². The molecule has 3 rings (SSSR count). The molecule has 1 fully saturated rings. The standard InChI is InChI=1S/C23H33N5O2S/c1-17-6-7-19(18(2)14-17)28-9-8-24-22(28)31-16-21(30)27-12-10-26(11-13-27)15-20(29)25-23(3,4)5/h6-9,14H,10-13,15-16H2,1-5H3,(H,25,29). The largest absolute Gasteiger partial charge is 0.350 e. The normalized spacial score (nSPS) is 15.2. The van der Waals surface area contributed by atoms with Gasteiger partial charge in [-0.3, -0.25) is 19.1 Å². The van der Waals surface area contributed by atoms with E-state index in [0.717, 1.165) is 10.8 Å². The number of nitrogens with zero attached hydrogens (tertiary/aromatic N) is 4. The highest BCUT2D eigenvalue weighted by Gasteiger charge is 2.24. The Bertz CT molecular complexity index is 926. The highest BCUT2D eigenvalue weighted by molar-refractivity contribution is 7.99. The predicted octanol–water partition coefficient (Wildman–Crippen LogP) is 2.64. The first kappa shape index (κ1) is 23.3. The van der Waals surface area contributed by atoms with E-state index in [1.807, 2.05) is 36.4 Å². The fraction of sp³-hybridized carbons (Fsp3) is 0.522. The van der Waals surface area contributed by atoms with Gasteiger partial charge < -0.3 is 10.2 Å². The van der Waals surface area contributed by atoms with E-state index in [-0.39, 0.29) is 17.4 Å². The van der Waals surface area contributed by atoms with Gasteiger partial charge in [-0.15, -0.1) is 0 Å². The lowest BCUT2D eigenvalue weighted by atomic mass is 10.1. The molecule has 0 saturated carbocycles. The smallest absolute Gasteiger partial charge is 0.234 e. The summed E-state index contributed by atoms with van der Waals surface area (Å²) >= 11 is 1.46. The quantitative estimate of drug-likeness (QED) is 0.695. The summed E-state index contributed by atoms with van der Waals surface area (Å²) in [6.07, 6.45) is 3.71. The SMILES string of the molecule is Cc1ccc(-n2ccnc2SCC(=O)N2CCN(CC(=O)NC(C)(C)C)CC2)c(C)c1. The summed E-state index contributed by atoms with van der Waals surface area (Å²) in [5.41, 5.74) is 3.26. The van der Waals surface area contributed by atoms with E-state index < -0.39 is 0 Å². The Balaban J connectivity index is 1.50. The monoisotopic (exact) mass is 443 g/mol. The molecule has 31 heavy (non-hydrogen) atoms. The number of carbonyl (C=O) groups excluding carboxylic acids is 2. The van der Waals surface area contributed by atoms with Crippen LogP contribution in [-0.4, -0.2) is 75.2 Å². The van der Waals surface area contributed by atoms with Crippen molar-refractivity contribution in [3.05, 3.63) is 41.7 Å². The number of nitrogens with one attached hydrogen (secondary N) is 1. The van der Waals surface area contributed by atoms with Gasteiger partial charge in [0, 0.05) is 44.1 Å². The van der Waals surface area contributed by atoms with E-state index in [1.54, 1.807) is 6.20 Å². The lowest BCUT2D eigenvalue weighted by Gasteiger charge is -2.34. The van der Waals surface area contributed by atoms with Crippen LogP contribution in [0.1, 0.15) is 31.9 Å². The minimum Gasteiger partial charge on any atom is -0.350 e. The molecule has 1 aliphatic heterocycles. The van der Waals surface area contributed by atoms with Crippen LogP contribution in [0.5, 0.6) is 0 Å². The van der Waals surface area contributed by atoms with Crippen molar-refractivity contribution in [2.75, 3.05) is 38.5 Å². The van der Waals surface area contributed by atoms with Gasteiger partial charge in [0.1, 0.15) is 0 Å². The van der Waals surface area contributed by atoms with E-state index in [2.05, 4.69) is 47.2 Å². The minimum atomic E-state index is -0.227. The maximum Gasteiger partial charge on any atom is 0.234 e. The number of piperazine rings is 1. The number of rotatable bonds is 6. The number of imidazole rings is 1. The number of aryl methyl sites for hydroxylation is 2. The molecule has 2 amide bonds. The van der Waals surface area contributed by atoms with Crippen LogP contribution in [0.25, 0.3) is 5.69 Å². The number of benzene rings is 1. The van der Waals surface area contributed by atoms with E-state index >= 15 is 0 Å². The molecular formula is C23H33N5O2S. The van der Waals surface area contributed by atoms with Crippen molar-refractivity contribution in [3.63, 3.8) is 0 Å². The summed E-state index contributed by atoms with van der Waals surface area (Å²) in [7, 11) is 0. The van der Waals surface area contributed by atoms with Crippen LogP contribution in [0.3, 0.4) is 0 Å². The molecule has 2 heterocycles. The lowest BCUT2D eigenvalue weighted by Crippen LogP contribution is -2.53. The fourth-order valence-corrected chi connectivity index (χ4v) is 4.56. The predicted molar refractivity (Wildman–Crippen MR) is 125 cm³/mol. The Morgan fingerprint density at radius 2 is 1.84 bits per heavy atom. The molecule has 1 aliphatic rings. The summed E-state index contributed by atoms with van der Waals surface area (Å²) in [6.45, 7) is 13.2. The van der Waals surface area contributed by atoms with Crippen molar-refractivity contribution < 1.29 is 9.59 Å². The molecule has 2 aromatic rings. The third kappa shape index (κ3) is 6.58. The second-order valence-corrected chi connectivity index (χ2v) is 10.1. The topological polar surface area (TPSA) is 70.5 Å². The van der Waals surface area contributed by atoms with Gasteiger partial charge in [-0.1, -0.05) is 29.5 Å². The van der Waals surface area contributed by atoms with Crippen LogP contribution < -0.4 is 5.32 Å². The van der Waals surface area contributed by atoms with Crippen molar-refractivity contribution >= 4 is 23.6 Å². The zero-order chi connectivity index (χ0) is 22.6. The lowest BCUT2D eigenvalue weighted by molar-refractivity contribution is -0.130. The molecule has 0 unspecified atom stereocenters. The molecule has 1 aromatic heterocycles. The number of amides is 2. The summed E-state index contributed by atoms with van der Waals surface area (Å²) < 4.78 is 2.04. The maximum atomic E-state index is 12.7. The van der Waals surface area contributed by atoms with Crippen LogP contribution in [0.2, 0.25) is 0 Å². The van der Waals surface area contributed by atoms with Gasteiger partial charge in [-0.25, -0.2) is 4.98 Å². The summed E-state index contributed by atoms with van der Waals surface area (Å²) in [5.74, 6) is 0.493. The number of hydrogen-bond acceptors (Lipinski definition) is 5. The number of carbonyl (C=O) groups is 2. The Labute approximate surface area is 189 Å². The summed E-state index contributed by atoms with van der Waals surface area (Å²) in [4.78, 5) is 33.3. The summed E-state index contributed by atoms with van der Waals surface area (Å²) in [6, 6.07) is 6.33. The molecule has 0 aliphatic carbocycles. The highest BCUT2D eigenvalue weighted by atomic mass is 32.2. The molecular weight excluding hydrogens is 410 g/mol. The first-order valence-electron chi connectivity index (χ1n) is 10.7. The van der Waals surface area contributed by atoms with Crippen molar-refractivity contribution in [2.45, 2.75) is 45.3 Å². The van der Waals surface area contributed by atoms with Gasteiger partial charge in [0.2, 0.25) is 11.8 Å². The molecule has 0 spiro atoms. The van der Waals surface area contributed by atoms with Gasteiger partial charge in [-0.05, 0) is 46.2 Å². The first-order chi connectivity index (χ1) is 14.6. The zero-order valence-corrected chi connectivity index (χ0v) is 20.0. The Hall–Kier alpha value is -2.32. The van der Waals surface area contributed by atoms with Crippen LogP contribution in [-0.2, 0) is 9.59 Å². The molecule has 8 heteroatoms. The van der Waals surface area contributed by atoms with Crippen molar-refractivity contribution in [1.82, 2.24) is 24.7 Å². The fourth-order valence-electron chi connectivity index (χ4n) is 3.69. The number of aromatic nitrogens is 2. The van der Waals surface area contributed by atoms with Crippen molar-refractivity contribution in [2.24, 2.45) is 0 Å². The number of thioether (sulfide) groups is 1.